The summed E-state index contributed by atoms with van der Waals surface area (Å²) in [5.74, 6) is -4.41. The number of nitrogens with zero attached hydrogens (tertiary/aromatic N) is 4. The Labute approximate surface area is 151 Å². The Kier molecular flexibility index (Phi) is 4.08. The molecule has 10 heteroatoms. The highest BCUT2D eigenvalue weighted by molar-refractivity contribution is 5.86. The van der Waals surface area contributed by atoms with E-state index in [0.717, 1.165) is 0 Å². The number of alkyl halides is 4. The van der Waals surface area contributed by atoms with Gasteiger partial charge in [-0.3, -0.25) is 0 Å². The van der Waals surface area contributed by atoms with E-state index in [1.54, 1.807) is 11.0 Å². The third kappa shape index (κ3) is 3.02. The molecule has 2 fully saturated rings. The first-order valence-corrected chi connectivity index (χ1v) is 8.32. The molecule has 4 rings (SSSR count). The normalized spacial score (nSPS) is 22.8. The van der Waals surface area contributed by atoms with Crippen molar-refractivity contribution in [3.05, 3.63) is 41.6 Å². The molecule has 27 heavy (non-hydrogen) atoms. The number of esters is 1. The van der Waals surface area contributed by atoms with Gasteiger partial charge in [-0.05, 0) is 11.6 Å². The van der Waals surface area contributed by atoms with Crippen LogP contribution in [0.4, 0.5) is 23.4 Å². The topological polar surface area (TPSA) is 60.2 Å². The molecule has 144 valence electrons. The number of hydrogen-bond acceptors (Lipinski definition) is 5. The Morgan fingerprint density at radius 3 is 2.67 bits per heavy atom. The van der Waals surface area contributed by atoms with Crippen LogP contribution in [-0.4, -0.2) is 46.6 Å². The largest absolute Gasteiger partial charge is 0.464 e. The predicted molar refractivity (Wildman–Crippen MR) is 86.0 cm³/mol. The summed E-state index contributed by atoms with van der Waals surface area (Å²) in [6, 6.07) is 3.06. The summed E-state index contributed by atoms with van der Waals surface area (Å²) in [7, 11) is 1.22. The number of anilines is 1. The summed E-state index contributed by atoms with van der Waals surface area (Å²) < 4.78 is 59.7. The van der Waals surface area contributed by atoms with Gasteiger partial charge in [-0.15, -0.1) is 0 Å². The first-order chi connectivity index (χ1) is 12.8. The summed E-state index contributed by atoms with van der Waals surface area (Å²) in [5.41, 5.74) is -0.0803. The maximum Gasteiger partial charge on any atom is 0.358 e. The number of carbonyl (C=O) groups is 1. The lowest BCUT2D eigenvalue weighted by Gasteiger charge is -2.22. The van der Waals surface area contributed by atoms with E-state index in [9.17, 15) is 22.4 Å². The molecule has 1 aliphatic carbocycles. The Balaban J connectivity index is 1.53. The Morgan fingerprint density at radius 2 is 2.04 bits per heavy atom. The summed E-state index contributed by atoms with van der Waals surface area (Å²) in [4.78, 5) is 20.9. The highest BCUT2D eigenvalue weighted by Crippen LogP contribution is 2.59. The molecule has 6 nitrogen and oxygen atoms in total. The average molecular weight is 384 g/mol. The van der Waals surface area contributed by atoms with Gasteiger partial charge in [0.05, 0.1) is 31.8 Å². The molecule has 0 aromatic carbocycles. The van der Waals surface area contributed by atoms with E-state index < -0.39 is 35.8 Å². The number of fused-ring (bicyclic) bond motifs is 1. The van der Waals surface area contributed by atoms with Crippen LogP contribution in [-0.2, 0) is 11.3 Å². The van der Waals surface area contributed by atoms with Crippen molar-refractivity contribution in [1.82, 2.24) is 14.5 Å². The van der Waals surface area contributed by atoms with Crippen molar-refractivity contribution >= 4 is 11.8 Å². The van der Waals surface area contributed by atoms with E-state index in [4.69, 9.17) is 0 Å². The number of piperidine rings is 1. The molecule has 1 aliphatic heterocycles. The van der Waals surface area contributed by atoms with Gasteiger partial charge in [0.1, 0.15) is 11.5 Å². The molecule has 2 unspecified atom stereocenters. The molecule has 2 aliphatic rings. The number of hydrogen-bond donors (Lipinski definition) is 0. The molecule has 2 aromatic rings. The van der Waals surface area contributed by atoms with Crippen LogP contribution in [0.1, 0.15) is 28.2 Å². The lowest BCUT2D eigenvalue weighted by molar-refractivity contribution is 0.0594. The number of imidazole rings is 1. The van der Waals surface area contributed by atoms with Gasteiger partial charge in [-0.25, -0.2) is 32.3 Å². The molecule has 1 saturated heterocycles. The molecular weight excluding hydrogens is 368 g/mol. The van der Waals surface area contributed by atoms with E-state index in [-0.39, 0.29) is 36.7 Å². The van der Waals surface area contributed by atoms with E-state index in [1.807, 2.05) is 0 Å². The molecule has 3 heterocycles. The molecule has 1 saturated carbocycles. The molecule has 0 N–H and O–H groups in total. The standard InChI is InChI=1S/C17H16F4N4O2/c1-27-16(26)12-7-24(8-22-12)4-9-2-3-13(23-14(9)15(18)19)25-5-10-11(6-25)17(10,20)21/h2-3,7-8,10-11,15H,4-6H2,1H3. The summed E-state index contributed by atoms with van der Waals surface area (Å²) in [5, 5.41) is 0. The molecule has 0 amide bonds. The number of pyridine rings is 1. The average Bonchev–Trinajstić information content (AvgIpc) is 3.09. The summed E-state index contributed by atoms with van der Waals surface area (Å²) in [6.45, 7) is 0.285. The van der Waals surface area contributed by atoms with Crippen LogP contribution in [0.3, 0.4) is 0 Å². The van der Waals surface area contributed by atoms with Crippen molar-refractivity contribution in [2.24, 2.45) is 11.8 Å². The molecule has 2 aromatic heterocycles. The van der Waals surface area contributed by atoms with Gasteiger partial charge < -0.3 is 14.2 Å². The smallest absolute Gasteiger partial charge is 0.358 e. The Morgan fingerprint density at radius 1 is 1.33 bits per heavy atom. The van der Waals surface area contributed by atoms with Crippen LogP contribution in [0.25, 0.3) is 0 Å². The zero-order valence-electron chi connectivity index (χ0n) is 14.3. The highest BCUT2D eigenvalue weighted by atomic mass is 19.3. The lowest BCUT2D eigenvalue weighted by Crippen LogP contribution is -2.28. The molecular formula is C17H16F4N4O2. The van der Waals surface area contributed by atoms with Crippen LogP contribution < -0.4 is 4.90 Å². The van der Waals surface area contributed by atoms with Gasteiger partial charge in [-0.1, -0.05) is 6.07 Å². The quantitative estimate of drug-likeness (QED) is 0.586. The molecule has 0 spiro atoms. The maximum absolute atomic E-state index is 13.5. The minimum absolute atomic E-state index is 0.0419. The van der Waals surface area contributed by atoms with Gasteiger partial charge in [0.15, 0.2) is 5.69 Å². The second kappa shape index (κ2) is 6.21. The monoisotopic (exact) mass is 384 g/mol. The van der Waals surface area contributed by atoms with Crippen molar-refractivity contribution in [3.63, 3.8) is 0 Å². The summed E-state index contributed by atoms with van der Waals surface area (Å²) >= 11 is 0. The predicted octanol–water partition coefficient (Wildman–Crippen LogP) is 2.75. The first-order valence-electron chi connectivity index (χ1n) is 8.32. The number of ether oxygens (including phenoxy) is 1. The van der Waals surface area contributed by atoms with E-state index in [1.165, 1.54) is 30.3 Å². The minimum atomic E-state index is -2.82. The maximum atomic E-state index is 13.5. The zero-order chi connectivity index (χ0) is 19.3. The number of rotatable bonds is 5. The van der Waals surface area contributed by atoms with Crippen molar-refractivity contribution in [2.75, 3.05) is 25.1 Å². The van der Waals surface area contributed by atoms with Crippen LogP contribution in [0, 0.1) is 11.8 Å². The van der Waals surface area contributed by atoms with Gasteiger partial charge in [-0.2, -0.15) is 0 Å². The van der Waals surface area contributed by atoms with Crippen molar-refractivity contribution in [3.8, 4) is 0 Å². The third-order valence-corrected chi connectivity index (χ3v) is 5.11. The fourth-order valence-corrected chi connectivity index (χ4v) is 3.54. The fourth-order valence-electron chi connectivity index (χ4n) is 3.54. The van der Waals surface area contributed by atoms with Gasteiger partial charge >= 0.3 is 5.97 Å². The number of methoxy groups -OCH3 is 1. The molecule has 0 radical (unpaired) electrons. The summed E-state index contributed by atoms with van der Waals surface area (Å²) in [6.07, 6.45) is -0.0848. The van der Waals surface area contributed by atoms with Crippen LogP contribution in [0.5, 0.6) is 0 Å². The SMILES string of the molecule is COC(=O)c1cn(Cc2ccc(N3CC4C(C3)C4(F)F)nc2C(F)F)cn1. The number of aromatic nitrogens is 3. The first kappa shape index (κ1) is 17.7. The number of carbonyl (C=O) groups excluding carboxylic acids is 1. The highest BCUT2D eigenvalue weighted by Gasteiger charge is 2.71. The van der Waals surface area contributed by atoms with Crippen LogP contribution >= 0.6 is 0 Å². The fraction of sp³-hybridized carbons (Fsp3) is 0.471. The third-order valence-electron chi connectivity index (χ3n) is 5.11. The minimum Gasteiger partial charge on any atom is -0.464 e. The lowest BCUT2D eigenvalue weighted by atomic mass is 10.2. The second-order valence-electron chi connectivity index (χ2n) is 6.73. The van der Waals surface area contributed by atoms with Gasteiger partial charge in [0, 0.05) is 19.3 Å². The molecule has 0 bridgehead atoms. The van der Waals surface area contributed by atoms with E-state index in [0.29, 0.717) is 0 Å². The van der Waals surface area contributed by atoms with Crippen molar-refractivity contribution in [2.45, 2.75) is 18.9 Å². The van der Waals surface area contributed by atoms with Crippen molar-refractivity contribution < 1.29 is 27.1 Å². The Hall–Kier alpha value is -2.65. The van der Waals surface area contributed by atoms with Gasteiger partial charge in [0.2, 0.25) is 0 Å². The van der Waals surface area contributed by atoms with E-state index >= 15 is 0 Å². The molecule has 2 atom stereocenters. The second-order valence-corrected chi connectivity index (χ2v) is 6.73. The van der Waals surface area contributed by atoms with Crippen LogP contribution in [0.15, 0.2) is 24.7 Å². The number of halogens is 4. The van der Waals surface area contributed by atoms with E-state index in [2.05, 4.69) is 14.7 Å². The zero-order valence-corrected chi connectivity index (χ0v) is 14.3. The van der Waals surface area contributed by atoms with Crippen molar-refractivity contribution in [1.29, 1.82) is 0 Å². The van der Waals surface area contributed by atoms with Gasteiger partial charge in [0.25, 0.3) is 12.3 Å². The Bertz CT molecular complexity index is 872. The van der Waals surface area contributed by atoms with Crippen LogP contribution in [0.2, 0.25) is 0 Å².